The normalized spacial score (nSPS) is 14.9. The number of hydrogen-bond acceptors (Lipinski definition) is 5. The minimum Gasteiger partial charge on any atom is -0.466 e. The van der Waals surface area contributed by atoms with E-state index in [2.05, 4.69) is 37.0 Å². The van der Waals surface area contributed by atoms with Crippen molar-refractivity contribution in [1.82, 2.24) is 14.5 Å². The molecule has 0 spiro atoms. The van der Waals surface area contributed by atoms with Gasteiger partial charge in [-0.1, -0.05) is 29.5 Å². The largest absolute Gasteiger partial charge is 0.466 e. The van der Waals surface area contributed by atoms with Crippen LogP contribution in [0.1, 0.15) is 30.9 Å². The van der Waals surface area contributed by atoms with Gasteiger partial charge in [-0.3, -0.25) is 14.2 Å². The van der Waals surface area contributed by atoms with Gasteiger partial charge in [-0.05, 0) is 45.2 Å². The maximum absolute atomic E-state index is 12.6. The summed E-state index contributed by atoms with van der Waals surface area (Å²) in [4.78, 5) is 30.7. The van der Waals surface area contributed by atoms with E-state index in [1.165, 1.54) is 22.9 Å². The molecule has 0 unspecified atom stereocenters. The van der Waals surface area contributed by atoms with Crippen molar-refractivity contribution in [2.75, 3.05) is 25.4 Å². The standard InChI is InChI=1S/C21H27N3O3S/c1-4-27-20(26)17-7-10-23(11-8-17)19(25)14-28-21-22-9-12-24(21)18-6-5-15(2)13-16(18)3/h5-6,9,12-13,17H,4,7-8,10-11,14H2,1-3H3. The zero-order valence-electron chi connectivity index (χ0n) is 16.7. The number of rotatable bonds is 6. The zero-order chi connectivity index (χ0) is 20.1. The minimum absolute atomic E-state index is 0.0833. The number of thioether (sulfide) groups is 1. The fourth-order valence-corrected chi connectivity index (χ4v) is 4.37. The first-order chi connectivity index (χ1) is 13.5. The number of piperidine rings is 1. The molecule has 0 N–H and O–H groups in total. The smallest absolute Gasteiger partial charge is 0.309 e. The Morgan fingerprint density at radius 1 is 1.25 bits per heavy atom. The average Bonchev–Trinajstić information content (AvgIpc) is 3.14. The molecule has 0 atom stereocenters. The second-order valence-corrected chi connectivity index (χ2v) is 8.01. The Labute approximate surface area is 170 Å². The number of benzene rings is 1. The van der Waals surface area contributed by atoms with Gasteiger partial charge in [-0.2, -0.15) is 0 Å². The number of ether oxygens (including phenoxy) is 1. The van der Waals surface area contributed by atoms with E-state index < -0.39 is 0 Å². The molecule has 1 aliphatic rings. The lowest BCUT2D eigenvalue weighted by Gasteiger charge is -2.30. The summed E-state index contributed by atoms with van der Waals surface area (Å²) in [5.41, 5.74) is 3.47. The topological polar surface area (TPSA) is 64.4 Å². The number of hydrogen-bond donors (Lipinski definition) is 0. The third kappa shape index (κ3) is 4.76. The Morgan fingerprint density at radius 3 is 2.68 bits per heavy atom. The summed E-state index contributed by atoms with van der Waals surface area (Å²) >= 11 is 1.45. The van der Waals surface area contributed by atoms with Crippen molar-refractivity contribution in [3.8, 4) is 5.69 Å². The molecule has 1 fully saturated rings. The lowest BCUT2D eigenvalue weighted by Crippen LogP contribution is -2.41. The predicted molar refractivity (Wildman–Crippen MR) is 110 cm³/mol. The number of nitrogens with zero attached hydrogens (tertiary/aromatic N) is 3. The van der Waals surface area contributed by atoms with Gasteiger partial charge in [0.2, 0.25) is 5.91 Å². The SMILES string of the molecule is CCOC(=O)C1CCN(C(=O)CSc2nccn2-c2ccc(C)cc2C)CC1. The van der Waals surface area contributed by atoms with Crippen LogP contribution in [0.15, 0.2) is 35.7 Å². The maximum atomic E-state index is 12.6. The third-order valence-electron chi connectivity index (χ3n) is 5.01. The number of aromatic nitrogens is 2. The van der Waals surface area contributed by atoms with Crippen LogP contribution >= 0.6 is 11.8 Å². The summed E-state index contributed by atoms with van der Waals surface area (Å²) in [6.45, 7) is 7.58. The Bertz CT molecular complexity index is 841. The van der Waals surface area contributed by atoms with Crippen LogP contribution in [0.25, 0.3) is 5.69 Å². The highest BCUT2D eigenvalue weighted by Gasteiger charge is 2.28. The summed E-state index contributed by atoms with van der Waals surface area (Å²) in [6, 6.07) is 6.30. The molecular formula is C21H27N3O3S. The number of amides is 1. The molecule has 6 nitrogen and oxygen atoms in total. The number of likely N-dealkylation sites (tertiary alicyclic amines) is 1. The molecule has 1 amide bonds. The minimum atomic E-state index is -0.139. The van der Waals surface area contributed by atoms with Crippen molar-refractivity contribution < 1.29 is 14.3 Å². The fraction of sp³-hybridized carbons (Fsp3) is 0.476. The van der Waals surface area contributed by atoms with E-state index in [0.717, 1.165) is 10.8 Å². The van der Waals surface area contributed by atoms with Gasteiger partial charge in [-0.15, -0.1) is 0 Å². The molecule has 1 aromatic heterocycles. The Kier molecular flexibility index (Phi) is 6.78. The third-order valence-corrected chi connectivity index (χ3v) is 5.96. The van der Waals surface area contributed by atoms with Crippen LogP contribution in [0.2, 0.25) is 0 Å². The first kappa shape index (κ1) is 20.5. The van der Waals surface area contributed by atoms with E-state index >= 15 is 0 Å². The second-order valence-electron chi connectivity index (χ2n) is 7.07. The molecule has 0 aliphatic carbocycles. The second kappa shape index (κ2) is 9.28. The van der Waals surface area contributed by atoms with E-state index in [-0.39, 0.29) is 17.8 Å². The van der Waals surface area contributed by atoms with Gasteiger partial charge in [0.25, 0.3) is 0 Å². The summed E-state index contributed by atoms with van der Waals surface area (Å²) in [5, 5.41) is 0.807. The molecule has 1 aromatic carbocycles. The van der Waals surface area contributed by atoms with E-state index in [9.17, 15) is 9.59 Å². The van der Waals surface area contributed by atoms with Crippen LogP contribution in [0.5, 0.6) is 0 Å². The first-order valence-electron chi connectivity index (χ1n) is 9.67. The molecule has 150 valence electrons. The molecular weight excluding hydrogens is 374 g/mol. The van der Waals surface area contributed by atoms with Crippen molar-refractivity contribution >= 4 is 23.6 Å². The van der Waals surface area contributed by atoms with Gasteiger partial charge < -0.3 is 9.64 Å². The Morgan fingerprint density at radius 2 is 2.00 bits per heavy atom. The predicted octanol–water partition coefficient (Wildman–Crippen LogP) is 3.38. The zero-order valence-corrected chi connectivity index (χ0v) is 17.5. The van der Waals surface area contributed by atoms with Crippen LogP contribution < -0.4 is 0 Å². The van der Waals surface area contributed by atoms with Crippen molar-refractivity contribution in [2.24, 2.45) is 5.92 Å². The first-order valence-corrected chi connectivity index (χ1v) is 10.7. The quantitative estimate of drug-likeness (QED) is 0.548. The van der Waals surface area contributed by atoms with Crippen LogP contribution in [0.4, 0.5) is 0 Å². The average molecular weight is 402 g/mol. The van der Waals surface area contributed by atoms with E-state index in [0.29, 0.717) is 38.3 Å². The summed E-state index contributed by atoms with van der Waals surface area (Å²) in [5.74, 6) is 0.202. The van der Waals surface area contributed by atoms with E-state index in [1.54, 1.807) is 6.20 Å². The van der Waals surface area contributed by atoms with Gasteiger partial charge in [0, 0.05) is 25.5 Å². The van der Waals surface area contributed by atoms with E-state index in [1.807, 2.05) is 22.6 Å². The number of carbonyl (C=O) groups is 2. The highest BCUT2D eigenvalue weighted by molar-refractivity contribution is 7.99. The number of esters is 1. The Balaban J connectivity index is 1.56. The van der Waals surface area contributed by atoms with Crippen molar-refractivity contribution in [3.63, 3.8) is 0 Å². The van der Waals surface area contributed by atoms with Crippen molar-refractivity contribution in [2.45, 2.75) is 38.8 Å². The molecule has 3 rings (SSSR count). The van der Waals surface area contributed by atoms with Gasteiger partial charge in [0.1, 0.15) is 0 Å². The molecule has 1 saturated heterocycles. The number of imidazole rings is 1. The molecule has 0 saturated carbocycles. The molecule has 2 aromatic rings. The summed E-state index contributed by atoms with van der Waals surface area (Å²) in [6.07, 6.45) is 5.03. The molecule has 2 heterocycles. The summed E-state index contributed by atoms with van der Waals surface area (Å²) in [7, 11) is 0. The number of carbonyl (C=O) groups excluding carboxylic acids is 2. The van der Waals surface area contributed by atoms with Crippen molar-refractivity contribution in [3.05, 3.63) is 41.7 Å². The maximum Gasteiger partial charge on any atom is 0.309 e. The van der Waals surface area contributed by atoms with Crippen LogP contribution in [-0.4, -0.2) is 51.8 Å². The van der Waals surface area contributed by atoms with Crippen LogP contribution in [0.3, 0.4) is 0 Å². The summed E-state index contributed by atoms with van der Waals surface area (Å²) < 4.78 is 7.12. The molecule has 1 aliphatic heterocycles. The van der Waals surface area contributed by atoms with Crippen LogP contribution in [0, 0.1) is 19.8 Å². The monoisotopic (exact) mass is 401 g/mol. The Hall–Kier alpha value is -2.28. The molecule has 7 heteroatoms. The lowest BCUT2D eigenvalue weighted by molar-refractivity contribution is -0.151. The number of aryl methyl sites for hydroxylation is 2. The van der Waals surface area contributed by atoms with Gasteiger partial charge in [0.05, 0.1) is 24.0 Å². The van der Waals surface area contributed by atoms with Crippen molar-refractivity contribution in [1.29, 1.82) is 0 Å². The molecule has 28 heavy (non-hydrogen) atoms. The van der Waals surface area contributed by atoms with Gasteiger partial charge in [0.15, 0.2) is 5.16 Å². The molecule has 0 bridgehead atoms. The highest BCUT2D eigenvalue weighted by atomic mass is 32.2. The molecule has 0 radical (unpaired) electrons. The van der Waals surface area contributed by atoms with E-state index in [4.69, 9.17) is 4.74 Å². The lowest BCUT2D eigenvalue weighted by atomic mass is 9.97. The highest BCUT2D eigenvalue weighted by Crippen LogP contribution is 2.25. The fourth-order valence-electron chi connectivity index (χ4n) is 3.50. The van der Waals surface area contributed by atoms with Gasteiger partial charge >= 0.3 is 5.97 Å². The van der Waals surface area contributed by atoms with Crippen LogP contribution in [-0.2, 0) is 14.3 Å². The van der Waals surface area contributed by atoms with Gasteiger partial charge in [-0.25, -0.2) is 4.98 Å².